The molecule has 0 fully saturated rings. The SMILES string of the molecule is CC(C)(C)Cn1nnc2c(Br)c(Oc3ncc(Cl)cc3CCN3CCn4c(nnc4C(F)(F)F)C3)ccc21. The second kappa shape index (κ2) is 10.1. The fraction of sp³-hybridized carbons (Fsp3) is 0.458. The number of hydrogen-bond donors (Lipinski definition) is 0. The van der Waals surface area contributed by atoms with Crippen LogP contribution in [-0.4, -0.2) is 52.7 Å². The molecule has 0 amide bonds. The van der Waals surface area contributed by atoms with Gasteiger partial charge in [-0.3, -0.25) is 4.90 Å². The summed E-state index contributed by atoms with van der Waals surface area (Å²) in [6.45, 7) is 8.53. The van der Waals surface area contributed by atoms with Crippen LogP contribution in [0.5, 0.6) is 11.6 Å². The van der Waals surface area contributed by atoms with E-state index in [-0.39, 0.29) is 18.5 Å². The maximum absolute atomic E-state index is 13.1. The molecule has 5 rings (SSSR count). The Morgan fingerprint density at radius 3 is 2.63 bits per heavy atom. The van der Waals surface area contributed by atoms with Crippen LogP contribution in [0, 0.1) is 5.41 Å². The average Bonchev–Trinajstić information content (AvgIpc) is 3.44. The van der Waals surface area contributed by atoms with Crippen molar-refractivity contribution in [1.82, 2.24) is 39.6 Å². The summed E-state index contributed by atoms with van der Waals surface area (Å²) < 4.78 is 49.3. The quantitative estimate of drug-likeness (QED) is 0.274. The topological polar surface area (TPSA) is 86.8 Å². The van der Waals surface area contributed by atoms with Gasteiger partial charge in [0, 0.05) is 37.9 Å². The molecule has 0 unspecified atom stereocenters. The highest BCUT2D eigenvalue weighted by atomic mass is 79.9. The van der Waals surface area contributed by atoms with Crippen LogP contribution in [0.1, 0.15) is 38.0 Å². The lowest BCUT2D eigenvalue weighted by Gasteiger charge is -2.28. The molecular formula is C24H25BrClF3N8O. The molecule has 1 aliphatic heterocycles. The number of hydrogen-bond acceptors (Lipinski definition) is 7. The molecule has 4 aromatic rings. The number of fused-ring (bicyclic) bond motifs is 2. The zero-order valence-corrected chi connectivity index (χ0v) is 23.3. The number of nitrogens with zero attached hydrogens (tertiary/aromatic N) is 8. The number of benzene rings is 1. The molecule has 0 bridgehead atoms. The second-order valence-corrected chi connectivity index (χ2v) is 11.6. The fourth-order valence-electron chi connectivity index (χ4n) is 4.36. The average molecular weight is 614 g/mol. The largest absolute Gasteiger partial charge is 0.451 e. The third-order valence-electron chi connectivity index (χ3n) is 6.10. The molecule has 0 N–H and O–H groups in total. The molecular weight excluding hydrogens is 589 g/mol. The van der Waals surface area contributed by atoms with Crippen molar-refractivity contribution in [3.05, 3.63) is 51.1 Å². The maximum atomic E-state index is 13.1. The monoisotopic (exact) mass is 612 g/mol. The molecule has 1 aromatic carbocycles. The van der Waals surface area contributed by atoms with Crippen LogP contribution >= 0.6 is 27.5 Å². The van der Waals surface area contributed by atoms with Crippen LogP contribution in [0.15, 0.2) is 28.9 Å². The lowest BCUT2D eigenvalue weighted by Crippen LogP contribution is -2.36. The van der Waals surface area contributed by atoms with Crippen LogP contribution < -0.4 is 4.74 Å². The molecule has 4 heterocycles. The minimum atomic E-state index is -4.52. The summed E-state index contributed by atoms with van der Waals surface area (Å²) in [5.74, 6) is 0.252. The zero-order valence-electron chi connectivity index (χ0n) is 20.9. The molecule has 3 aromatic heterocycles. The first-order valence-corrected chi connectivity index (χ1v) is 13.1. The van der Waals surface area contributed by atoms with Crippen molar-refractivity contribution in [3.8, 4) is 11.6 Å². The van der Waals surface area contributed by atoms with Gasteiger partial charge in [-0.15, -0.1) is 15.3 Å². The Morgan fingerprint density at radius 1 is 1.11 bits per heavy atom. The summed E-state index contributed by atoms with van der Waals surface area (Å²) in [7, 11) is 0. The molecule has 202 valence electrons. The lowest BCUT2D eigenvalue weighted by molar-refractivity contribution is -0.148. The molecule has 0 spiro atoms. The Labute approximate surface area is 230 Å². The number of rotatable bonds is 6. The van der Waals surface area contributed by atoms with Crippen LogP contribution in [0.4, 0.5) is 13.2 Å². The van der Waals surface area contributed by atoms with E-state index in [1.807, 2.05) is 21.7 Å². The van der Waals surface area contributed by atoms with E-state index in [2.05, 4.69) is 62.2 Å². The molecule has 9 nitrogen and oxygen atoms in total. The van der Waals surface area contributed by atoms with E-state index >= 15 is 0 Å². The Balaban J connectivity index is 1.32. The summed E-state index contributed by atoms with van der Waals surface area (Å²) in [4.78, 5) is 6.41. The van der Waals surface area contributed by atoms with Gasteiger partial charge in [-0.05, 0) is 46.0 Å². The third-order valence-corrected chi connectivity index (χ3v) is 7.07. The van der Waals surface area contributed by atoms with Crippen molar-refractivity contribution in [3.63, 3.8) is 0 Å². The summed E-state index contributed by atoms with van der Waals surface area (Å²) in [6, 6.07) is 5.53. The van der Waals surface area contributed by atoms with Gasteiger partial charge < -0.3 is 9.30 Å². The minimum Gasteiger partial charge on any atom is -0.437 e. The number of pyridine rings is 1. The van der Waals surface area contributed by atoms with E-state index < -0.39 is 12.0 Å². The number of halogens is 5. The molecule has 1 aliphatic rings. The highest BCUT2D eigenvalue weighted by Gasteiger charge is 2.39. The van der Waals surface area contributed by atoms with Gasteiger partial charge in [0.25, 0.3) is 0 Å². The molecule has 14 heteroatoms. The summed E-state index contributed by atoms with van der Waals surface area (Å²) in [5.41, 5.74) is 2.37. The van der Waals surface area contributed by atoms with Crippen molar-refractivity contribution in [2.75, 3.05) is 13.1 Å². The minimum absolute atomic E-state index is 0.0368. The first-order chi connectivity index (χ1) is 17.9. The highest BCUT2D eigenvalue weighted by Crippen LogP contribution is 2.36. The van der Waals surface area contributed by atoms with E-state index in [9.17, 15) is 13.2 Å². The molecule has 38 heavy (non-hydrogen) atoms. The van der Waals surface area contributed by atoms with E-state index in [1.165, 1.54) is 6.20 Å². The standard InChI is InChI=1S/C24H25BrClF3N8O/c1-23(2,3)13-37-16-4-5-17(19(25)20(16)32-34-37)38-21-14(10-15(26)11-30-21)6-7-35-8-9-36-18(12-35)31-33-22(36)24(27,28)29/h4-5,10-11H,6-9,12-13H2,1-3H3. The van der Waals surface area contributed by atoms with Gasteiger partial charge >= 0.3 is 6.18 Å². The fourth-order valence-corrected chi connectivity index (χ4v) is 5.04. The Hall–Kier alpha value is -2.77. The Morgan fingerprint density at radius 2 is 1.89 bits per heavy atom. The van der Waals surface area contributed by atoms with Crippen molar-refractivity contribution in [1.29, 1.82) is 0 Å². The normalized spacial score (nSPS) is 14.7. The summed E-state index contributed by atoms with van der Waals surface area (Å²) in [5, 5.41) is 16.2. The molecule has 0 atom stereocenters. The van der Waals surface area contributed by atoms with Crippen molar-refractivity contribution in [2.45, 2.75) is 53.0 Å². The summed E-state index contributed by atoms with van der Waals surface area (Å²) >= 11 is 9.83. The van der Waals surface area contributed by atoms with E-state index in [0.29, 0.717) is 58.5 Å². The van der Waals surface area contributed by atoms with Crippen LogP contribution in [0.25, 0.3) is 11.0 Å². The number of aromatic nitrogens is 7. The van der Waals surface area contributed by atoms with Gasteiger partial charge in [-0.25, -0.2) is 9.67 Å². The Kier molecular flexibility index (Phi) is 7.12. The zero-order chi connectivity index (χ0) is 27.2. The van der Waals surface area contributed by atoms with Gasteiger partial charge in [0.2, 0.25) is 11.7 Å². The Bertz CT molecular complexity index is 1480. The van der Waals surface area contributed by atoms with E-state index in [1.54, 1.807) is 6.07 Å². The second-order valence-electron chi connectivity index (χ2n) is 10.4. The third kappa shape index (κ3) is 5.64. The number of alkyl halides is 3. The van der Waals surface area contributed by atoms with Gasteiger partial charge in [-0.2, -0.15) is 13.2 Å². The van der Waals surface area contributed by atoms with Gasteiger partial charge in [0.15, 0.2) is 0 Å². The predicted octanol–water partition coefficient (Wildman–Crippen LogP) is 5.75. The van der Waals surface area contributed by atoms with Crippen LogP contribution in [-0.2, 0) is 32.2 Å². The van der Waals surface area contributed by atoms with Gasteiger partial charge in [0.05, 0.1) is 21.6 Å². The number of ether oxygens (including phenoxy) is 1. The van der Waals surface area contributed by atoms with Crippen molar-refractivity contribution in [2.24, 2.45) is 5.41 Å². The lowest BCUT2D eigenvalue weighted by atomic mass is 9.97. The van der Waals surface area contributed by atoms with Crippen molar-refractivity contribution < 1.29 is 17.9 Å². The summed E-state index contributed by atoms with van der Waals surface area (Å²) in [6.07, 6.45) is -2.50. The van der Waals surface area contributed by atoms with Gasteiger partial charge in [-0.1, -0.05) is 37.6 Å². The molecule has 0 saturated carbocycles. The van der Waals surface area contributed by atoms with E-state index in [4.69, 9.17) is 16.3 Å². The van der Waals surface area contributed by atoms with Crippen LogP contribution in [0.3, 0.4) is 0 Å². The smallest absolute Gasteiger partial charge is 0.437 e. The predicted molar refractivity (Wildman–Crippen MR) is 138 cm³/mol. The molecule has 0 saturated heterocycles. The molecule has 0 radical (unpaired) electrons. The first-order valence-electron chi connectivity index (χ1n) is 11.9. The van der Waals surface area contributed by atoms with Crippen molar-refractivity contribution >= 4 is 38.6 Å². The highest BCUT2D eigenvalue weighted by molar-refractivity contribution is 9.10. The maximum Gasteiger partial charge on any atom is 0.451 e. The van der Waals surface area contributed by atoms with Gasteiger partial charge in [0.1, 0.15) is 17.1 Å². The van der Waals surface area contributed by atoms with Crippen LogP contribution in [0.2, 0.25) is 5.02 Å². The van der Waals surface area contributed by atoms with E-state index in [0.717, 1.165) is 15.6 Å². The first kappa shape index (κ1) is 26.8. The molecule has 0 aliphatic carbocycles.